The summed E-state index contributed by atoms with van der Waals surface area (Å²) in [6.45, 7) is 8.31. The lowest BCUT2D eigenvalue weighted by Crippen LogP contribution is -2.46. The van der Waals surface area contributed by atoms with Crippen LogP contribution in [-0.2, 0) is 9.53 Å². The number of hydrogen-bond acceptors (Lipinski definition) is 3. The van der Waals surface area contributed by atoms with Gasteiger partial charge in [0.25, 0.3) is 0 Å². The Morgan fingerprint density at radius 2 is 1.94 bits per heavy atom. The molecule has 0 aromatic heterocycles. The fourth-order valence-corrected chi connectivity index (χ4v) is 2.62. The summed E-state index contributed by atoms with van der Waals surface area (Å²) in [7, 11) is 0. The van der Waals surface area contributed by atoms with Crippen LogP contribution in [0.15, 0.2) is 0 Å². The Balaban J connectivity index is 2.48. The average molecular weight is 257 g/mol. The van der Waals surface area contributed by atoms with Gasteiger partial charge < -0.3 is 15.2 Å². The van der Waals surface area contributed by atoms with Gasteiger partial charge in [-0.1, -0.05) is 13.8 Å². The number of carboxylic acid groups (broad SMARTS) is 1. The van der Waals surface area contributed by atoms with Crippen molar-refractivity contribution in [2.45, 2.75) is 52.5 Å². The van der Waals surface area contributed by atoms with Crippen molar-refractivity contribution in [3.8, 4) is 0 Å². The zero-order chi connectivity index (χ0) is 13.6. The molecular weight excluding hydrogens is 230 g/mol. The van der Waals surface area contributed by atoms with Crippen LogP contribution in [0.25, 0.3) is 0 Å². The molecule has 1 aliphatic rings. The van der Waals surface area contributed by atoms with Crippen molar-refractivity contribution in [2.24, 2.45) is 11.3 Å². The first-order valence-corrected chi connectivity index (χ1v) is 7.10. The van der Waals surface area contributed by atoms with Crippen LogP contribution in [0.2, 0.25) is 0 Å². The highest BCUT2D eigenvalue weighted by molar-refractivity contribution is 5.74. The van der Waals surface area contributed by atoms with E-state index in [1.807, 2.05) is 13.8 Å². The van der Waals surface area contributed by atoms with E-state index in [0.29, 0.717) is 31.3 Å². The molecular formula is C14H27NO3. The topological polar surface area (TPSA) is 58.6 Å². The van der Waals surface area contributed by atoms with Gasteiger partial charge in [-0.2, -0.15) is 0 Å². The first-order valence-electron chi connectivity index (χ1n) is 7.10. The monoisotopic (exact) mass is 257 g/mol. The maximum Gasteiger partial charge on any atom is 0.310 e. The summed E-state index contributed by atoms with van der Waals surface area (Å²) in [5, 5.41) is 12.8. The van der Waals surface area contributed by atoms with Crippen LogP contribution in [0.4, 0.5) is 0 Å². The molecule has 18 heavy (non-hydrogen) atoms. The van der Waals surface area contributed by atoms with Crippen LogP contribution in [-0.4, -0.2) is 36.9 Å². The smallest absolute Gasteiger partial charge is 0.310 e. The maximum atomic E-state index is 11.4. The number of carboxylic acids is 1. The fraction of sp³-hybridized carbons (Fsp3) is 0.929. The Labute approximate surface area is 110 Å². The van der Waals surface area contributed by atoms with Crippen LogP contribution in [0.3, 0.4) is 0 Å². The predicted molar refractivity (Wildman–Crippen MR) is 71.7 cm³/mol. The van der Waals surface area contributed by atoms with Crippen molar-refractivity contribution >= 4 is 5.97 Å². The van der Waals surface area contributed by atoms with Gasteiger partial charge >= 0.3 is 5.97 Å². The minimum Gasteiger partial charge on any atom is -0.481 e. The molecule has 0 aromatic carbocycles. The quantitative estimate of drug-likeness (QED) is 0.734. The van der Waals surface area contributed by atoms with Crippen LogP contribution < -0.4 is 5.32 Å². The van der Waals surface area contributed by atoms with Crippen LogP contribution in [0, 0.1) is 11.3 Å². The molecule has 1 saturated heterocycles. The Morgan fingerprint density at radius 3 is 2.39 bits per heavy atom. The third-order valence-corrected chi connectivity index (χ3v) is 4.54. The lowest BCUT2D eigenvalue weighted by atomic mass is 9.81. The van der Waals surface area contributed by atoms with Crippen molar-refractivity contribution in [1.82, 2.24) is 5.32 Å². The number of ether oxygens (including phenoxy) is 1. The molecule has 0 bridgehead atoms. The molecule has 0 spiro atoms. The molecule has 1 atom stereocenters. The zero-order valence-corrected chi connectivity index (χ0v) is 11.9. The first kappa shape index (κ1) is 15.4. The van der Waals surface area contributed by atoms with Crippen molar-refractivity contribution in [2.75, 3.05) is 19.8 Å². The van der Waals surface area contributed by atoms with E-state index in [1.54, 1.807) is 0 Å². The first-order chi connectivity index (χ1) is 8.55. The largest absolute Gasteiger partial charge is 0.481 e. The Bertz CT molecular complexity index is 258. The second-order valence-electron chi connectivity index (χ2n) is 5.41. The van der Waals surface area contributed by atoms with E-state index >= 15 is 0 Å². The Morgan fingerprint density at radius 1 is 1.39 bits per heavy atom. The van der Waals surface area contributed by atoms with Crippen LogP contribution >= 0.6 is 0 Å². The third kappa shape index (κ3) is 3.69. The van der Waals surface area contributed by atoms with E-state index < -0.39 is 11.4 Å². The SMILES string of the molecule is CCC(CC)(CNC(C)C1CCOCC1)C(=O)O. The van der Waals surface area contributed by atoms with E-state index in [9.17, 15) is 9.90 Å². The standard InChI is InChI=1S/C14H27NO3/c1-4-14(5-2,13(16)17)10-15-11(3)12-6-8-18-9-7-12/h11-12,15H,4-10H2,1-3H3,(H,16,17). The summed E-state index contributed by atoms with van der Waals surface area (Å²) >= 11 is 0. The Kier molecular flexibility index (Phi) is 6.09. The minimum absolute atomic E-state index is 0.366. The van der Waals surface area contributed by atoms with Gasteiger partial charge in [-0.3, -0.25) is 4.79 Å². The van der Waals surface area contributed by atoms with Crippen molar-refractivity contribution in [3.63, 3.8) is 0 Å². The predicted octanol–water partition coefficient (Wildman–Crippen LogP) is 2.28. The molecule has 2 N–H and O–H groups in total. The molecule has 0 saturated carbocycles. The highest BCUT2D eigenvalue weighted by Crippen LogP contribution is 2.27. The molecule has 1 unspecified atom stereocenters. The van der Waals surface area contributed by atoms with Gasteiger partial charge in [-0.05, 0) is 38.5 Å². The van der Waals surface area contributed by atoms with Crippen LogP contribution in [0.1, 0.15) is 46.5 Å². The van der Waals surface area contributed by atoms with Crippen molar-refractivity contribution in [3.05, 3.63) is 0 Å². The molecule has 0 radical (unpaired) electrons. The van der Waals surface area contributed by atoms with Gasteiger partial charge in [0.15, 0.2) is 0 Å². The molecule has 0 aromatic rings. The second kappa shape index (κ2) is 7.10. The molecule has 106 valence electrons. The molecule has 0 aliphatic carbocycles. The minimum atomic E-state index is -0.681. The van der Waals surface area contributed by atoms with Gasteiger partial charge in [0.05, 0.1) is 5.41 Å². The molecule has 1 heterocycles. The fourth-order valence-electron chi connectivity index (χ4n) is 2.62. The maximum absolute atomic E-state index is 11.4. The summed E-state index contributed by atoms with van der Waals surface area (Å²) in [5.74, 6) is -0.0712. The summed E-state index contributed by atoms with van der Waals surface area (Å²) < 4.78 is 5.35. The number of carbonyl (C=O) groups is 1. The van der Waals surface area contributed by atoms with Crippen molar-refractivity contribution in [1.29, 1.82) is 0 Å². The van der Waals surface area contributed by atoms with Gasteiger partial charge in [-0.25, -0.2) is 0 Å². The van der Waals surface area contributed by atoms with E-state index in [0.717, 1.165) is 26.1 Å². The molecule has 1 aliphatic heterocycles. The zero-order valence-electron chi connectivity index (χ0n) is 11.9. The summed E-state index contributed by atoms with van der Waals surface area (Å²) in [6, 6.07) is 0.366. The molecule has 0 amide bonds. The Hall–Kier alpha value is -0.610. The highest BCUT2D eigenvalue weighted by Gasteiger charge is 2.35. The molecule has 4 heteroatoms. The molecule has 1 rings (SSSR count). The van der Waals surface area contributed by atoms with Crippen LogP contribution in [0.5, 0.6) is 0 Å². The van der Waals surface area contributed by atoms with E-state index in [-0.39, 0.29) is 0 Å². The van der Waals surface area contributed by atoms with Gasteiger partial charge in [-0.15, -0.1) is 0 Å². The molecule has 1 fully saturated rings. The highest BCUT2D eigenvalue weighted by atomic mass is 16.5. The summed E-state index contributed by atoms with van der Waals surface area (Å²) in [4.78, 5) is 11.4. The average Bonchev–Trinajstić information content (AvgIpc) is 2.41. The third-order valence-electron chi connectivity index (χ3n) is 4.54. The van der Waals surface area contributed by atoms with E-state index in [1.165, 1.54) is 0 Å². The summed E-state index contributed by atoms with van der Waals surface area (Å²) in [5.41, 5.74) is -0.612. The van der Waals surface area contributed by atoms with E-state index in [2.05, 4.69) is 12.2 Å². The number of nitrogens with one attached hydrogen (secondary N) is 1. The van der Waals surface area contributed by atoms with Gasteiger partial charge in [0.2, 0.25) is 0 Å². The van der Waals surface area contributed by atoms with Gasteiger partial charge in [0, 0.05) is 25.8 Å². The molecule has 4 nitrogen and oxygen atoms in total. The normalized spacial score (nSPS) is 19.7. The van der Waals surface area contributed by atoms with Crippen molar-refractivity contribution < 1.29 is 14.6 Å². The van der Waals surface area contributed by atoms with E-state index in [4.69, 9.17) is 4.74 Å². The number of aliphatic carboxylic acids is 1. The second-order valence-corrected chi connectivity index (χ2v) is 5.41. The number of rotatable bonds is 7. The number of hydrogen-bond donors (Lipinski definition) is 2. The van der Waals surface area contributed by atoms with Gasteiger partial charge in [0.1, 0.15) is 0 Å². The lowest BCUT2D eigenvalue weighted by Gasteiger charge is -2.33. The lowest BCUT2D eigenvalue weighted by molar-refractivity contribution is -0.149. The summed E-state index contributed by atoms with van der Waals surface area (Å²) in [6.07, 6.45) is 3.50.